The van der Waals surface area contributed by atoms with E-state index < -0.39 is 5.60 Å². The molecule has 0 aliphatic heterocycles. The van der Waals surface area contributed by atoms with E-state index in [1.165, 1.54) is 0 Å². The molecule has 0 spiro atoms. The second-order valence-electron chi connectivity index (χ2n) is 3.75. The summed E-state index contributed by atoms with van der Waals surface area (Å²) in [4.78, 5) is 0. The van der Waals surface area contributed by atoms with Crippen LogP contribution in [-0.4, -0.2) is 18.7 Å². The van der Waals surface area contributed by atoms with Crippen LogP contribution in [-0.2, 0) is 5.60 Å². The first-order valence-electron chi connectivity index (χ1n) is 5.25. The zero-order valence-electron chi connectivity index (χ0n) is 9.26. The summed E-state index contributed by atoms with van der Waals surface area (Å²) in [7, 11) is 1.90. The van der Waals surface area contributed by atoms with Crippen LogP contribution in [0.4, 0.5) is 0 Å². The Morgan fingerprint density at radius 1 is 1.33 bits per heavy atom. The van der Waals surface area contributed by atoms with E-state index in [9.17, 15) is 5.11 Å². The number of rotatable bonds is 5. The van der Waals surface area contributed by atoms with Crippen molar-refractivity contribution in [3.05, 3.63) is 34.3 Å². The van der Waals surface area contributed by atoms with Crippen molar-refractivity contribution in [1.29, 1.82) is 0 Å². The topological polar surface area (TPSA) is 32.3 Å². The van der Waals surface area contributed by atoms with Gasteiger partial charge in [-0.25, -0.2) is 0 Å². The molecule has 0 radical (unpaired) electrons. The van der Waals surface area contributed by atoms with Crippen LogP contribution >= 0.6 is 15.9 Å². The van der Waals surface area contributed by atoms with Gasteiger partial charge in [0.2, 0.25) is 0 Å². The Balaban J connectivity index is 2.85. The molecule has 0 aliphatic rings. The van der Waals surface area contributed by atoms with Crippen LogP contribution in [0.1, 0.15) is 25.3 Å². The predicted molar refractivity (Wildman–Crippen MR) is 66.9 cm³/mol. The highest BCUT2D eigenvalue weighted by atomic mass is 79.9. The minimum atomic E-state index is -0.705. The van der Waals surface area contributed by atoms with Crippen molar-refractivity contribution < 1.29 is 5.11 Å². The maximum atomic E-state index is 10.5. The Morgan fingerprint density at radius 3 is 2.40 bits per heavy atom. The lowest BCUT2D eigenvalue weighted by molar-refractivity contribution is 0.0241. The summed E-state index contributed by atoms with van der Waals surface area (Å²) in [5.41, 5.74) is 0.285. The van der Waals surface area contributed by atoms with E-state index in [1.807, 2.05) is 38.2 Å². The van der Waals surface area contributed by atoms with Crippen LogP contribution in [0.3, 0.4) is 0 Å². The first-order chi connectivity index (χ1) is 7.12. The number of hydrogen-bond donors (Lipinski definition) is 2. The molecule has 15 heavy (non-hydrogen) atoms. The van der Waals surface area contributed by atoms with Crippen molar-refractivity contribution in [2.45, 2.75) is 25.4 Å². The van der Waals surface area contributed by atoms with Crippen LogP contribution in [0.5, 0.6) is 0 Å². The summed E-state index contributed by atoms with van der Waals surface area (Å²) in [6, 6.07) is 7.89. The molecule has 1 unspecified atom stereocenters. The molecule has 0 aliphatic carbocycles. The van der Waals surface area contributed by atoms with E-state index in [2.05, 4.69) is 21.2 Å². The normalized spacial score (nSPS) is 14.9. The minimum absolute atomic E-state index is 0.705. The Morgan fingerprint density at radius 2 is 1.93 bits per heavy atom. The number of nitrogens with one attached hydrogen (secondary N) is 1. The highest BCUT2D eigenvalue weighted by Gasteiger charge is 2.25. The average Bonchev–Trinajstić information content (AvgIpc) is 2.27. The van der Waals surface area contributed by atoms with Gasteiger partial charge >= 0.3 is 0 Å². The number of hydrogen-bond acceptors (Lipinski definition) is 2. The molecule has 0 saturated carbocycles. The highest BCUT2D eigenvalue weighted by Crippen LogP contribution is 2.29. The van der Waals surface area contributed by atoms with E-state index >= 15 is 0 Å². The van der Waals surface area contributed by atoms with E-state index in [-0.39, 0.29) is 0 Å². The lowest BCUT2D eigenvalue weighted by Gasteiger charge is -2.27. The summed E-state index contributed by atoms with van der Waals surface area (Å²) < 4.78 is 1.04. The Hall–Kier alpha value is -0.380. The van der Waals surface area contributed by atoms with Gasteiger partial charge in [-0.05, 0) is 44.1 Å². The van der Waals surface area contributed by atoms with Crippen LogP contribution in [0.25, 0.3) is 0 Å². The molecule has 2 N–H and O–H groups in total. The summed E-state index contributed by atoms with van der Waals surface area (Å²) >= 11 is 3.39. The highest BCUT2D eigenvalue weighted by molar-refractivity contribution is 9.10. The minimum Gasteiger partial charge on any atom is -0.385 e. The molecule has 0 amide bonds. The van der Waals surface area contributed by atoms with E-state index in [0.717, 1.165) is 29.4 Å². The van der Waals surface area contributed by atoms with Crippen LogP contribution in [0.2, 0.25) is 0 Å². The molecule has 1 rings (SSSR count). The van der Waals surface area contributed by atoms with Crippen LogP contribution < -0.4 is 5.32 Å². The number of aliphatic hydroxyl groups is 1. The molecule has 0 bridgehead atoms. The summed E-state index contributed by atoms with van der Waals surface area (Å²) in [6.07, 6.45) is 1.47. The summed E-state index contributed by atoms with van der Waals surface area (Å²) in [6.45, 7) is 2.83. The second-order valence-corrected chi connectivity index (χ2v) is 4.66. The third-order valence-electron chi connectivity index (χ3n) is 2.76. The van der Waals surface area contributed by atoms with Gasteiger partial charge in [0, 0.05) is 4.47 Å². The SMILES string of the molecule is CCC(O)(CCNC)c1ccc(Br)cc1. The van der Waals surface area contributed by atoms with Crippen molar-refractivity contribution in [3.8, 4) is 0 Å². The third kappa shape index (κ3) is 3.30. The van der Waals surface area contributed by atoms with Gasteiger partial charge in [0.1, 0.15) is 0 Å². The molecule has 2 nitrogen and oxygen atoms in total. The van der Waals surface area contributed by atoms with Gasteiger partial charge in [0.15, 0.2) is 0 Å². The van der Waals surface area contributed by atoms with Gasteiger partial charge in [-0.3, -0.25) is 0 Å². The molecule has 0 fully saturated rings. The van der Waals surface area contributed by atoms with Crippen molar-refractivity contribution in [1.82, 2.24) is 5.32 Å². The van der Waals surface area contributed by atoms with Crippen molar-refractivity contribution in [2.75, 3.05) is 13.6 Å². The third-order valence-corrected chi connectivity index (χ3v) is 3.28. The fourth-order valence-corrected chi connectivity index (χ4v) is 1.88. The van der Waals surface area contributed by atoms with Crippen molar-refractivity contribution >= 4 is 15.9 Å². The second kappa shape index (κ2) is 5.64. The first-order valence-corrected chi connectivity index (χ1v) is 6.04. The maximum absolute atomic E-state index is 10.5. The van der Waals surface area contributed by atoms with Gasteiger partial charge < -0.3 is 10.4 Å². The number of benzene rings is 1. The Bertz CT molecular complexity index is 299. The summed E-state index contributed by atoms with van der Waals surface area (Å²) in [5.74, 6) is 0. The van der Waals surface area contributed by atoms with Gasteiger partial charge in [-0.2, -0.15) is 0 Å². The van der Waals surface area contributed by atoms with Gasteiger partial charge in [0.05, 0.1) is 5.60 Å². The Kier molecular flexibility index (Phi) is 4.77. The average molecular weight is 272 g/mol. The maximum Gasteiger partial charge on any atom is 0.0906 e. The molecule has 1 atom stereocenters. The van der Waals surface area contributed by atoms with Gasteiger partial charge in [-0.15, -0.1) is 0 Å². The van der Waals surface area contributed by atoms with Gasteiger partial charge in [0.25, 0.3) is 0 Å². The van der Waals surface area contributed by atoms with E-state index in [1.54, 1.807) is 0 Å². The molecule has 0 aromatic heterocycles. The molecule has 3 heteroatoms. The quantitative estimate of drug-likeness (QED) is 0.863. The molecule has 84 valence electrons. The molecular weight excluding hydrogens is 254 g/mol. The lowest BCUT2D eigenvalue weighted by Crippen LogP contribution is -2.29. The molecule has 1 aromatic carbocycles. The monoisotopic (exact) mass is 271 g/mol. The van der Waals surface area contributed by atoms with Crippen molar-refractivity contribution in [2.24, 2.45) is 0 Å². The predicted octanol–water partition coefficient (Wildman–Crippen LogP) is 2.66. The van der Waals surface area contributed by atoms with Crippen molar-refractivity contribution in [3.63, 3.8) is 0 Å². The smallest absolute Gasteiger partial charge is 0.0906 e. The zero-order chi connectivity index (χ0) is 11.3. The first kappa shape index (κ1) is 12.7. The zero-order valence-corrected chi connectivity index (χ0v) is 10.8. The van der Waals surface area contributed by atoms with E-state index in [0.29, 0.717) is 0 Å². The number of halogens is 1. The Labute approximate surface area is 99.8 Å². The van der Waals surface area contributed by atoms with E-state index in [4.69, 9.17) is 0 Å². The lowest BCUT2D eigenvalue weighted by atomic mass is 9.88. The molecule has 0 saturated heterocycles. The van der Waals surface area contributed by atoms with Crippen LogP contribution in [0.15, 0.2) is 28.7 Å². The standard InChI is InChI=1S/C12H18BrNO/c1-3-12(15,8-9-14-2)10-4-6-11(13)7-5-10/h4-7,14-15H,3,8-9H2,1-2H3. The fraction of sp³-hybridized carbons (Fsp3) is 0.500. The summed E-state index contributed by atoms with van der Waals surface area (Å²) in [5, 5.41) is 13.5. The molecular formula is C12H18BrNO. The molecule has 0 heterocycles. The molecule has 1 aromatic rings. The largest absolute Gasteiger partial charge is 0.385 e. The fourth-order valence-electron chi connectivity index (χ4n) is 1.62. The van der Waals surface area contributed by atoms with Crippen LogP contribution in [0, 0.1) is 0 Å². The van der Waals surface area contributed by atoms with Gasteiger partial charge in [-0.1, -0.05) is 35.0 Å².